The molecule has 1 saturated carbocycles. The second-order valence-electron chi connectivity index (χ2n) is 4.08. The zero-order chi connectivity index (χ0) is 10.8. The number of thioether (sulfide) groups is 1. The SMILES string of the molecule is CSc1nc(N)cc(NC2CC(C)C2)n1. The number of hydrogen-bond donors (Lipinski definition) is 2. The lowest BCUT2D eigenvalue weighted by Crippen LogP contribution is -2.34. The van der Waals surface area contributed by atoms with Gasteiger partial charge in [0.1, 0.15) is 11.6 Å². The highest BCUT2D eigenvalue weighted by molar-refractivity contribution is 7.98. The summed E-state index contributed by atoms with van der Waals surface area (Å²) in [4.78, 5) is 8.47. The van der Waals surface area contributed by atoms with Crippen molar-refractivity contribution in [3.05, 3.63) is 6.07 Å². The van der Waals surface area contributed by atoms with Crippen molar-refractivity contribution in [2.75, 3.05) is 17.3 Å². The fourth-order valence-electron chi connectivity index (χ4n) is 1.84. The van der Waals surface area contributed by atoms with Crippen molar-refractivity contribution < 1.29 is 0 Å². The molecule has 0 aliphatic heterocycles. The maximum atomic E-state index is 5.69. The van der Waals surface area contributed by atoms with Crippen LogP contribution in [-0.4, -0.2) is 22.3 Å². The summed E-state index contributed by atoms with van der Waals surface area (Å²) >= 11 is 1.51. The van der Waals surface area contributed by atoms with Gasteiger partial charge in [-0.05, 0) is 25.0 Å². The van der Waals surface area contributed by atoms with E-state index in [-0.39, 0.29) is 0 Å². The molecule has 1 aromatic heterocycles. The first-order chi connectivity index (χ1) is 7.17. The molecule has 15 heavy (non-hydrogen) atoms. The molecule has 0 spiro atoms. The fourth-order valence-corrected chi connectivity index (χ4v) is 2.22. The predicted molar refractivity (Wildman–Crippen MR) is 64.0 cm³/mol. The fraction of sp³-hybridized carbons (Fsp3) is 0.600. The van der Waals surface area contributed by atoms with Gasteiger partial charge < -0.3 is 11.1 Å². The number of aromatic nitrogens is 2. The van der Waals surface area contributed by atoms with Crippen LogP contribution in [0.3, 0.4) is 0 Å². The first-order valence-electron chi connectivity index (χ1n) is 5.12. The summed E-state index contributed by atoms with van der Waals surface area (Å²) in [6.45, 7) is 2.26. The average molecular weight is 224 g/mol. The molecule has 0 radical (unpaired) electrons. The van der Waals surface area contributed by atoms with Gasteiger partial charge in [0.05, 0.1) is 0 Å². The summed E-state index contributed by atoms with van der Waals surface area (Å²) in [5.41, 5.74) is 5.69. The Morgan fingerprint density at radius 1 is 1.47 bits per heavy atom. The summed E-state index contributed by atoms with van der Waals surface area (Å²) in [5.74, 6) is 2.22. The third kappa shape index (κ3) is 2.53. The lowest BCUT2D eigenvalue weighted by Gasteiger charge is -2.33. The van der Waals surface area contributed by atoms with E-state index in [0.717, 1.165) is 16.9 Å². The van der Waals surface area contributed by atoms with Crippen molar-refractivity contribution >= 4 is 23.4 Å². The molecular weight excluding hydrogens is 208 g/mol. The molecule has 1 aliphatic carbocycles. The Bertz CT molecular complexity index is 349. The zero-order valence-electron chi connectivity index (χ0n) is 9.03. The minimum absolute atomic E-state index is 0.532. The van der Waals surface area contributed by atoms with Crippen LogP contribution in [0.1, 0.15) is 19.8 Å². The van der Waals surface area contributed by atoms with Crippen LogP contribution in [0, 0.1) is 5.92 Å². The third-order valence-corrected chi connectivity index (χ3v) is 3.18. The lowest BCUT2D eigenvalue weighted by atomic mass is 9.82. The topological polar surface area (TPSA) is 63.8 Å². The standard InChI is InChI=1S/C10H16N4S/c1-6-3-7(4-6)12-9-5-8(11)13-10(14-9)15-2/h5-7H,3-4H2,1-2H3,(H3,11,12,13,14). The van der Waals surface area contributed by atoms with Crippen LogP contribution in [0.5, 0.6) is 0 Å². The summed E-state index contributed by atoms with van der Waals surface area (Å²) in [6, 6.07) is 2.35. The minimum atomic E-state index is 0.532. The molecule has 0 saturated heterocycles. The number of nitrogen functional groups attached to an aromatic ring is 1. The summed E-state index contributed by atoms with van der Waals surface area (Å²) in [5, 5.41) is 4.11. The molecule has 1 aliphatic rings. The van der Waals surface area contributed by atoms with Gasteiger partial charge in [-0.2, -0.15) is 0 Å². The van der Waals surface area contributed by atoms with Gasteiger partial charge in [-0.3, -0.25) is 0 Å². The smallest absolute Gasteiger partial charge is 0.191 e. The number of anilines is 2. The van der Waals surface area contributed by atoms with Crippen LogP contribution in [0.15, 0.2) is 11.2 Å². The van der Waals surface area contributed by atoms with E-state index in [9.17, 15) is 0 Å². The molecule has 3 N–H and O–H groups in total. The Balaban J connectivity index is 2.04. The molecule has 82 valence electrons. The molecule has 2 rings (SSSR count). The van der Waals surface area contributed by atoms with Gasteiger partial charge >= 0.3 is 0 Å². The van der Waals surface area contributed by atoms with Gasteiger partial charge in [0.25, 0.3) is 0 Å². The molecule has 1 heterocycles. The number of nitrogens with two attached hydrogens (primary N) is 1. The molecule has 1 fully saturated rings. The minimum Gasteiger partial charge on any atom is -0.383 e. The van der Waals surface area contributed by atoms with Crippen LogP contribution in [0.25, 0.3) is 0 Å². The van der Waals surface area contributed by atoms with Gasteiger partial charge in [-0.1, -0.05) is 18.7 Å². The molecular formula is C10H16N4S. The van der Waals surface area contributed by atoms with Gasteiger partial charge in [0, 0.05) is 12.1 Å². The first kappa shape index (κ1) is 10.5. The maximum absolute atomic E-state index is 5.69. The van der Waals surface area contributed by atoms with Crippen LogP contribution in [0.4, 0.5) is 11.6 Å². The third-order valence-electron chi connectivity index (χ3n) is 2.63. The molecule has 0 atom stereocenters. The van der Waals surface area contributed by atoms with E-state index in [1.54, 1.807) is 6.07 Å². The van der Waals surface area contributed by atoms with Crippen molar-refractivity contribution in [3.63, 3.8) is 0 Å². The van der Waals surface area contributed by atoms with E-state index in [4.69, 9.17) is 5.73 Å². The molecule has 0 amide bonds. The van der Waals surface area contributed by atoms with Crippen molar-refractivity contribution in [3.8, 4) is 0 Å². The first-order valence-corrected chi connectivity index (χ1v) is 6.35. The highest BCUT2D eigenvalue weighted by atomic mass is 32.2. The van der Waals surface area contributed by atoms with Gasteiger partial charge in [0.15, 0.2) is 5.16 Å². The zero-order valence-corrected chi connectivity index (χ0v) is 9.84. The van der Waals surface area contributed by atoms with Crippen LogP contribution in [0.2, 0.25) is 0 Å². The van der Waals surface area contributed by atoms with E-state index in [1.807, 2.05) is 6.26 Å². The number of rotatable bonds is 3. The van der Waals surface area contributed by atoms with Gasteiger partial charge in [-0.15, -0.1) is 0 Å². The largest absolute Gasteiger partial charge is 0.383 e. The van der Waals surface area contributed by atoms with Crippen molar-refractivity contribution in [1.29, 1.82) is 0 Å². The van der Waals surface area contributed by atoms with Crippen LogP contribution < -0.4 is 11.1 Å². The molecule has 0 aromatic carbocycles. The lowest BCUT2D eigenvalue weighted by molar-refractivity contribution is 0.308. The van der Waals surface area contributed by atoms with Crippen molar-refractivity contribution in [2.45, 2.75) is 31.0 Å². The van der Waals surface area contributed by atoms with E-state index < -0.39 is 0 Å². The molecule has 0 unspecified atom stereocenters. The highest BCUT2D eigenvalue weighted by Crippen LogP contribution is 2.29. The van der Waals surface area contributed by atoms with E-state index in [0.29, 0.717) is 11.9 Å². The number of nitrogens with zero attached hydrogens (tertiary/aromatic N) is 2. The van der Waals surface area contributed by atoms with E-state index >= 15 is 0 Å². The van der Waals surface area contributed by atoms with Crippen LogP contribution >= 0.6 is 11.8 Å². The van der Waals surface area contributed by atoms with Crippen molar-refractivity contribution in [2.24, 2.45) is 5.92 Å². The summed E-state index contributed by atoms with van der Waals surface area (Å²) in [6.07, 6.45) is 4.39. The quantitative estimate of drug-likeness (QED) is 0.607. The van der Waals surface area contributed by atoms with Crippen molar-refractivity contribution in [1.82, 2.24) is 9.97 Å². The highest BCUT2D eigenvalue weighted by Gasteiger charge is 2.25. The van der Waals surface area contributed by atoms with Gasteiger partial charge in [0.2, 0.25) is 0 Å². The molecule has 5 heteroatoms. The Hall–Kier alpha value is -0.970. The predicted octanol–water partition coefficient (Wildman–Crippen LogP) is 1.99. The summed E-state index contributed by atoms with van der Waals surface area (Å²) in [7, 11) is 0. The molecule has 1 aromatic rings. The normalized spacial score (nSPS) is 24.7. The average Bonchev–Trinajstić information content (AvgIpc) is 2.14. The number of hydrogen-bond acceptors (Lipinski definition) is 5. The number of nitrogens with one attached hydrogen (secondary N) is 1. The van der Waals surface area contributed by atoms with Crippen LogP contribution in [-0.2, 0) is 0 Å². The van der Waals surface area contributed by atoms with E-state index in [1.165, 1.54) is 24.6 Å². The Morgan fingerprint density at radius 3 is 2.80 bits per heavy atom. The second-order valence-corrected chi connectivity index (χ2v) is 4.86. The monoisotopic (exact) mass is 224 g/mol. The molecule has 4 nitrogen and oxygen atoms in total. The Morgan fingerprint density at radius 2 is 2.20 bits per heavy atom. The second kappa shape index (κ2) is 4.26. The van der Waals surface area contributed by atoms with E-state index in [2.05, 4.69) is 22.2 Å². The van der Waals surface area contributed by atoms with Gasteiger partial charge in [-0.25, -0.2) is 9.97 Å². The maximum Gasteiger partial charge on any atom is 0.191 e. The summed E-state index contributed by atoms with van der Waals surface area (Å²) < 4.78 is 0. The molecule has 0 bridgehead atoms. The Kier molecular flexibility index (Phi) is 3.00. The Labute approximate surface area is 94.1 Å².